The zero-order valence-corrected chi connectivity index (χ0v) is 6.84. The molecule has 0 aliphatic carbocycles. The highest BCUT2D eigenvalue weighted by Gasteiger charge is 2.03. The van der Waals surface area contributed by atoms with Gasteiger partial charge in [-0.1, -0.05) is 6.92 Å². The van der Waals surface area contributed by atoms with Gasteiger partial charge in [-0.05, 0) is 18.1 Å². The Hall–Kier alpha value is -1.43. The van der Waals surface area contributed by atoms with E-state index in [1.807, 2.05) is 13.0 Å². The van der Waals surface area contributed by atoms with E-state index in [1.54, 1.807) is 12.3 Å². The molecule has 3 heteroatoms. The molecule has 1 aromatic rings. The van der Waals surface area contributed by atoms with Crippen LogP contribution in [0.1, 0.15) is 23.7 Å². The molecule has 0 bridgehead atoms. The molecule has 1 rings (SSSR count). The van der Waals surface area contributed by atoms with Crippen LogP contribution in [0.15, 0.2) is 12.3 Å². The highest BCUT2D eigenvalue weighted by molar-refractivity contribution is 5.35. The van der Waals surface area contributed by atoms with Gasteiger partial charge in [-0.2, -0.15) is 5.26 Å². The third kappa shape index (κ3) is 1.59. The van der Waals surface area contributed by atoms with Crippen molar-refractivity contribution in [1.82, 2.24) is 4.98 Å². The van der Waals surface area contributed by atoms with Crippen molar-refractivity contribution in [2.24, 2.45) is 0 Å². The van der Waals surface area contributed by atoms with Crippen molar-refractivity contribution in [3.63, 3.8) is 0 Å². The molecule has 0 amide bonds. The lowest BCUT2D eigenvalue weighted by Crippen LogP contribution is -1.94. The van der Waals surface area contributed by atoms with Gasteiger partial charge in [0, 0.05) is 6.20 Å². The monoisotopic (exact) mass is 164 g/mol. The number of aryl methyl sites for hydroxylation is 1. The fourth-order valence-electron chi connectivity index (χ4n) is 0.933. The summed E-state index contributed by atoms with van der Waals surface area (Å²) in [6.07, 6.45) is 2.42. The van der Waals surface area contributed by atoms with Gasteiger partial charge < -0.3 is 0 Å². The Morgan fingerprint density at radius 3 is 2.92 bits per heavy atom. The summed E-state index contributed by atoms with van der Waals surface area (Å²) >= 11 is 0. The molecule has 0 fully saturated rings. The number of aromatic nitrogens is 1. The lowest BCUT2D eigenvalue weighted by atomic mass is 10.1. The van der Waals surface area contributed by atoms with Gasteiger partial charge in [0.05, 0.1) is 11.3 Å². The second kappa shape index (κ2) is 3.82. The minimum absolute atomic E-state index is 0.231. The molecule has 1 aromatic heterocycles. The summed E-state index contributed by atoms with van der Waals surface area (Å²) in [5.74, 6) is 0. The standard InChI is InChI=1S/C9H9FN2/c1-2-7-3-8(5-11)9(4-10)12-6-7/h3,6H,2,4H2,1H3. The van der Waals surface area contributed by atoms with Crippen LogP contribution < -0.4 is 0 Å². The molecular formula is C9H9FN2. The van der Waals surface area contributed by atoms with E-state index in [0.29, 0.717) is 5.56 Å². The van der Waals surface area contributed by atoms with Gasteiger partial charge in [0.25, 0.3) is 0 Å². The van der Waals surface area contributed by atoms with Crippen molar-refractivity contribution in [1.29, 1.82) is 5.26 Å². The van der Waals surface area contributed by atoms with Crippen LogP contribution in [0.4, 0.5) is 4.39 Å². The first-order chi connectivity index (χ1) is 5.81. The Morgan fingerprint density at radius 1 is 1.67 bits per heavy atom. The van der Waals surface area contributed by atoms with Crippen LogP contribution in [-0.4, -0.2) is 4.98 Å². The van der Waals surface area contributed by atoms with E-state index in [1.165, 1.54) is 0 Å². The minimum atomic E-state index is -0.674. The smallest absolute Gasteiger partial charge is 0.133 e. The number of rotatable bonds is 2. The molecule has 1 heterocycles. The van der Waals surface area contributed by atoms with Crippen LogP contribution >= 0.6 is 0 Å². The third-order valence-corrected chi connectivity index (χ3v) is 1.68. The maximum atomic E-state index is 12.2. The highest BCUT2D eigenvalue weighted by atomic mass is 19.1. The van der Waals surface area contributed by atoms with E-state index < -0.39 is 6.67 Å². The Balaban J connectivity index is 3.13. The Labute approximate surface area is 70.7 Å². The Kier molecular flexibility index (Phi) is 2.76. The van der Waals surface area contributed by atoms with E-state index in [9.17, 15) is 4.39 Å². The predicted molar refractivity (Wildman–Crippen MR) is 43.1 cm³/mol. The first-order valence-electron chi connectivity index (χ1n) is 3.75. The van der Waals surface area contributed by atoms with E-state index >= 15 is 0 Å². The van der Waals surface area contributed by atoms with E-state index in [4.69, 9.17) is 5.26 Å². The maximum Gasteiger partial charge on any atom is 0.133 e. The minimum Gasteiger partial charge on any atom is -0.257 e. The first kappa shape index (κ1) is 8.66. The van der Waals surface area contributed by atoms with Crippen molar-refractivity contribution in [2.75, 3.05) is 0 Å². The van der Waals surface area contributed by atoms with Gasteiger partial charge >= 0.3 is 0 Å². The third-order valence-electron chi connectivity index (χ3n) is 1.68. The van der Waals surface area contributed by atoms with Crippen molar-refractivity contribution in [2.45, 2.75) is 20.0 Å². The average molecular weight is 164 g/mol. The zero-order chi connectivity index (χ0) is 8.97. The molecular weight excluding hydrogens is 155 g/mol. The van der Waals surface area contributed by atoms with Crippen molar-refractivity contribution >= 4 is 0 Å². The molecule has 0 spiro atoms. The highest BCUT2D eigenvalue weighted by Crippen LogP contribution is 2.09. The molecule has 0 saturated carbocycles. The molecule has 0 unspecified atom stereocenters. The van der Waals surface area contributed by atoms with Crippen LogP contribution in [0.25, 0.3) is 0 Å². The van der Waals surface area contributed by atoms with Gasteiger partial charge in [-0.15, -0.1) is 0 Å². The molecule has 12 heavy (non-hydrogen) atoms. The van der Waals surface area contributed by atoms with Crippen LogP contribution in [0.3, 0.4) is 0 Å². The second-order valence-electron chi connectivity index (χ2n) is 2.44. The molecule has 0 aliphatic rings. The van der Waals surface area contributed by atoms with E-state index in [0.717, 1.165) is 12.0 Å². The Morgan fingerprint density at radius 2 is 2.42 bits per heavy atom. The van der Waals surface area contributed by atoms with Crippen molar-refractivity contribution in [3.8, 4) is 6.07 Å². The van der Waals surface area contributed by atoms with E-state index in [2.05, 4.69) is 4.98 Å². The van der Waals surface area contributed by atoms with Gasteiger partial charge in [0.1, 0.15) is 12.7 Å². The normalized spacial score (nSPS) is 9.42. The lowest BCUT2D eigenvalue weighted by Gasteiger charge is -1.99. The summed E-state index contributed by atoms with van der Waals surface area (Å²) in [6, 6.07) is 3.60. The largest absolute Gasteiger partial charge is 0.257 e. The lowest BCUT2D eigenvalue weighted by molar-refractivity contribution is 0.475. The Bertz CT molecular complexity index is 315. The summed E-state index contributed by atoms with van der Waals surface area (Å²) in [5, 5.41) is 8.61. The van der Waals surface area contributed by atoms with Gasteiger partial charge in [0.2, 0.25) is 0 Å². The molecule has 0 atom stereocenters. The molecule has 62 valence electrons. The zero-order valence-electron chi connectivity index (χ0n) is 6.84. The summed E-state index contributed by atoms with van der Waals surface area (Å²) in [6.45, 7) is 1.29. The first-order valence-corrected chi connectivity index (χ1v) is 3.75. The number of hydrogen-bond donors (Lipinski definition) is 0. The summed E-state index contributed by atoms with van der Waals surface area (Å²) < 4.78 is 12.2. The maximum absolute atomic E-state index is 12.2. The SMILES string of the molecule is CCc1cnc(CF)c(C#N)c1. The number of halogens is 1. The molecule has 0 aromatic carbocycles. The number of hydrogen-bond acceptors (Lipinski definition) is 2. The summed E-state index contributed by atoms with van der Waals surface area (Å²) in [7, 11) is 0. The number of nitriles is 1. The molecule has 0 saturated heterocycles. The number of pyridine rings is 1. The molecule has 2 nitrogen and oxygen atoms in total. The quantitative estimate of drug-likeness (QED) is 0.670. The fourth-order valence-corrected chi connectivity index (χ4v) is 0.933. The van der Waals surface area contributed by atoms with Crippen molar-refractivity contribution in [3.05, 3.63) is 29.1 Å². The predicted octanol–water partition coefficient (Wildman–Crippen LogP) is 1.99. The van der Waals surface area contributed by atoms with Crippen molar-refractivity contribution < 1.29 is 4.39 Å². The number of nitrogens with zero attached hydrogens (tertiary/aromatic N) is 2. The second-order valence-corrected chi connectivity index (χ2v) is 2.44. The fraction of sp³-hybridized carbons (Fsp3) is 0.333. The molecule has 0 N–H and O–H groups in total. The van der Waals surface area contributed by atoms with Gasteiger partial charge in [-0.25, -0.2) is 4.39 Å². The average Bonchev–Trinajstić information content (AvgIpc) is 2.16. The van der Waals surface area contributed by atoms with Crippen LogP contribution in [0.5, 0.6) is 0 Å². The summed E-state index contributed by atoms with van der Waals surface area (Å²) in [4.78, 5) is 3.84. The van der Waals surface area contributed by atoms with Gasteiger partial charge in [-0.3, -0.25) is 4.98 Å². The molecule has 0 radical (unpaired) electrons. The van der Waals surface area contributed by atoms with E-state index in [-0.39, 0.29) is 5.69 Å². The topological polar surface area (TPSA) is 36.7 Å². The summed E-state index contributed by atoms with van der Waals surface area (Å²) in [5.41, 5.74) is 1.54. The molecule has 0 aliphatic heterocycles. The van der Waals surface area contributed by atoms with Crippen LogP contribution in [0, 0.1) is 11.3 Å². The van der Waals surface area contributed by atoms with Crippen LogP contribution in [0.2, 0.25) is 0 Å². The van der Waals surface area contributed by atoms with Gasteiger partial charge in [0.15, 0.2) is 0 Å². The van der Waals surface area contributed by atoms with Crippen LogP contribution in [-0.2, 0) is 13.1 Å². The number of alkyl halides is 1.